The minimum absolute atomic E-state index is 0. The molecule has 41 heavy (non-hydrogen) atoms. The maximum atomic E-state index is 13.6. The Hall–Kier alpha value is -3.03. The van der Waals surface area contributed by atoms with Gasteiger partial charge < -0.3 is 14.6 Å². The number of aromatic nitrogens is 1. The maximum absolute atomic E-state index is 13.6. The van der Waals surface area contributed by atoms with Gasteiger partial charge in [0, 0.05) is 5.56 Å². The fraction of sp³-hybridized carbons (Fsp3) is 0.259. The Balaban J connectivity index is 0.00000462. The summed E-state index contributed by atoms with van der Waals surface area (Å²) in [6.45, 7) is -0.324. The van der Waals surface area contributed by atoms with Gasteiger partial charge >= 0.3 is 48.1 Å². The van der Waals surface area contributed by atoms with Gasteiger partial charge in [-0.25, -0.2) is 4.98 Å². The molecule has 0 saturated carbocycles. The first kappa shape index (κ1) is 32.5. The predicted octanol–water partition coefficient (Wildman–Crippen LogP) is 4.18. The van der Waals surface area contributed by atoms with Crippen LogP contribution in [0.25, 0.3) is 11.1 Å². The van der Waals surface area contributed by atoms with Gasteiger partial charge in [0.15, 0.2) is 0 Å². The molecule has 0 saturated heterocycles. The summed E-state index contributed by atoms with van der Waals surface area (Å²) in [6.07, 6.45) is -13.8. The van der Waals surface area contributed by atoms with Crippen molar-refractivity contribution in [3.63, 3.8) is 0 Å². The van der Waals surface area contributed by atoms with E-state index < -0.39 is 46.9 Å². The number of benzene rings is 2. The fourth-order valence-electron chi connectivity index (χ4n) is 4.30. The first-order chi connectivity index (χ1) is 18.5. The number of allylic oxidation sites excluding steroid dienone is 2. The molecule has 0 amide bonds. The number of carbonyl (C=O) groups excluding carboxylic acids is 1. The second kappa shape index (κ2) is 12.1. The third-order valence-corrected chi connectivity index (χ3v) is 6.20. The molecular formula is C27H17F9NNaO3. The van der Waals surface area contributed by atoms with Crippen LogP contribution in [-0.4, -0.2) is 11.0 Å². The Bertz CT molecular complexity index is 1460. The van der Waals surface area contributed by atoms with Crippen molar-refractivity contribution in [2.24, 2.45) is 0 Å². The van der Waals surface area contributed by atoms with Crippen molar-refractivity contribution in [3.05, 3.63) is 93.8 Å². The van der Waals surface area contributed by atoms with Crippen LogP contribution in [0.15, 0.2) is 54.6 Å². The number of carbonyl (C=O) groups is 1. The zero-order valence-electron chi connectivity index (χ0n) is 21.1. The summed E-state index contributed by atoms with van der Waals surface area (Å²) in [5, 5.41) is 11.3. The van der Waals surface area contributed by atoms with E-state index in [1.807, 2.05) is 0 Å². The number of halogens is 9. The number of alkyl halides is 9. The van der Waals surface area contributed by atoms with Crippen molar-refractivity contribution >= 4 is 17.1 Å². The molecule has 4 rings (SSSR count). The normalized spacial score (nSPS) is 14.2. The van der Waals surface area contributed by atoms with E-state index in [0.29, 0.717) is 18.6 Å². The zero-order chi connectivity index (χ0) is 29.5. The van der Waals surface area contributed by atoms with Gasteiger partial charge in [0.25, 0.3) is 0 Å². The van der Waals surface area contributed by atoms with Gasteiger partial charge in [-0.3, -0.25) is 0 Å². The van der Waals surface area contributed by atoms with Crippen molar-refractivity contribution in [2.75, 3.05) is 0 Å². The molecule has 0 aliphatic heterocycles. The fourth-order valence-corrected chi connectivity index (χ4v) is 4.30. The second-order valence-electron chi connectivity index (χ2n) is 8.91. The minimum atomic E-state index is -4.94. The summed E-state index contributed by atoms with van der Waals surface area (Å²) in [4.78, 5) is 15.1. The molecule has 1 aromatic heterocycles. The van der Waals surface area contributed by atoms with Crippen molar-refractivity contribution in [1.29, 1.82) is 0 Å². The molecule has 1 aliphatic carbocycles. The Morgan fingerprint density at radius 2 is 1.32 bits per heavy atom. The van der Waals surface area contributed by atoms with Crippen LogP contribution < -0.4 is 39.4 Å². The van der Waals surface area contributed by atoms with Gasteiger partial charge in [-0.05, 0) is 78.4 Å². The standard InChI is InChI=1S/C27H18F9NO3.Na/c28-25(29,30)15-6-4-14(5-7-15)13-40-23-9-8-16(26(31,32)33)10-20(23)18-2-1-3-19(18)21-11-17(27(34,35)36)12-22(37-21)24(38)39;/h4-12H,1-3,13H2,(H,38,39);/q;+1/p-1. The van der Waals surface area contributed by atoms with Crippen LogP contribution in [0.4, 0.5) is 39.5 Å². The molecular weight excluding hydrogens is 580 g/mol. The van der Waals surface area contributed by atoms with Gasteiger partial charge in [0.1, 0.15) is 12.4 Å². The molecule has 0 N–H and O–H groups in total. The van der Waals surface area contributed by atoms with Crippen LogP contribution in [0.1, 0.15) is 63.3 Å². The molecule has 1 heterocycles. The molecule has 0 bridgehead atoms. The van der Waals surface area contributed by atoms with Crippen LogP contribution in [0.5, 0.6) is 5.75 Å². The third kappa shape index (κ3) is 7.63. The summed E-state index contributed by atoms with van der Waals surface area (Å²) < 4.78 is 125. The molecule has 1 aliphatic rings. The first-order valence-electron chi connectivity index (χ1n) is 11.6. The van der Waals surface area contributed by atoms with Gasteiger partial charge in [-0.2, -0.15) is 39.5 Å². The Morgan fingerprint density at radius 3 is 1.88 bits per heavy atom. The number of pyridine rings is 1. The van der Waals surface area contributed by atoms with E-state index in [1.54, 1.807) is 0 Å². The molecule has 0 radical (unpaired) electrons. The Labute approximate surface area is 249 Å². The van der Waals surface area contributed by atoms with Gasteiger partial charge in [-0.1, -0.05) is 12.1 Å². The SMILES string of the molecule is O=C([O-])c1cc(C(F)(F)F)cc(C2=C(c3cc(C(F)(F)F)ccc3OCc3ccc(C(F)(F)F)cc3)CCC2)n1.[Na+]. The Kier molecular flexibility index (Phi) is 9.56. The van der Waals surface area contributed by atoms with Gasteiger partial charge in [-0.15, -0.1) is 0 Å². The molecule has 0 atom stereocenters. The van der Waals surface area contributed by atoms with Crippen molar-refractivity contribution < 1.29 is 83.7 Å². The van der Waals surface area contributed by atoms with E-state index >= 15 is 0 Å². The summed E-state index contributed by atoms with van der Waals surface area (Å²) in [5.74, 6) is -2.07. The average Bonchev–Trinajstić information content (AvgIpc) is 3.35. The van der Waals surface area contributed by atoms with Crippen LogP contribution in [-0.2, 0) is 25.1 Å². The van der Waals surface area contributed by atoms with E-state index in [1.165, 1.54) is 0 Å². The summed E-state index contributed by atoms with van der Waals surface area (Å²) in [6, 6.07) is 7.34. The van der Waals surface area contributed by atoms with Crippen molar-refractivity contribution in [1.82, 2.24) is 4.98 Å². The predicted molar refractivity (Wildman–Crippen MR) is 121 cm³/mol. The van der Waals surface area contributed by atoms with Crippen molar-refractivity contribution in [3.8, 4) is 5.75 Å². The van der Waals surface area contributed by atoms with Gasteiger partial charge in [0.2, 0.25) is 0 Å². The number of carboxylic acids is 1. The van der Waals surface area contributed by atoms with Crippen molar-refractivity contribution in [2.45, 2.75) is 44.4 Å². The van der Waals surface area contributed by atoms with E-state index in [-0.39, 0.29) is 82.7 Å². The summed E-state index contributed by atoms with van der Waals surface area (Å²) in [7, 11) is 0. The number of aromatic carboxylic acids is 1. The quantitative estimate of drug-likeness (QED) is 0.316. The van der Waals surface area contributed by atoms with Crippen LogP contribution >= 0.6 is 0 Å². The number of carboxylic acid groups (broad SMARTS) is 1. The third-order valence-electron chi connectivity index (χ3n) is 6.20. The molecule has 212 valence electrons. The van der Waals surface area contributed by atoms with E-state index in [0.717, 1.165) is 42.5 Å². The zero-order valence-corrected chi connectivity index (χ0v) is 23.1. The number of nitrogens with zero attached hydrogens (tertiary/aromatic N) is 1. The topological polar surface area (TPSA) is 62.2 Å². The molecule has 14 heteroatoms. The Morgan fingerprint density at radius 1 is 0.756 bits per heavy atom. The number of hydrogen-bond acceptors (Lipinski definition) is 4. The van der Waals surface area contributed by atoms with E-state index in [4.69, 9.17) is 4.74 Å². The number of ether oxygens (including phenoxy) is 1. The summed E-state index contributed by atoms with van der Waals surface area (Å²) in [5.41, 5.74) is -4.23. The first-order valence-corrected chi connectivity index (χ1v) is 11.6. The molecule has 4 nitrogen and oxygen atoms in total. The molecule has 0 unspecified atom stereocenters. The largest absolute Gasteiger partial charge is 1.00 e. The molecule has 3 aromatic rings. The monoisotopic (exact) mass is 597 g/mol. The summed E-state index contributed by atoms with van der Waals surface area (Å²) >= 11 is 0. The molecule has 2 aromatic carbocycles. The van der Waals surface area contributed by atoms with E-state index in [2.05, 4.69) is 4.98 Å². The number of hydrogen-bond donors (Lipinski definition) is 0. The minimum Gasteiger partial charge on any atom is -0.543 e. The molecule has 0 spiro atoms. The van der Waals surface area contributed by atoms with Crippen LogP contribution in [0.3, 0.4) is 0 Å². The van der Waals surface area contributed by atoms with Crippen LogP contribution in [0.2, 0.25) is 0 Å². The maximum Gasteiger partial charge on any atom is 1.00 e. The average molecular weight is 597 g/mol. The smallest absolute Gasteiger partial charge is 0.543 e. The number of rotatable bonds is 6. The second-order valence-corrected chi connectivity index (χ2v) is 8.91. The van der Waals surface area contributed by atoms with E-state index in [9.17, 15) is 49.4 Å². The van der Waals surface area contributed by atoms with Gasteiger partial charge in [0.05, 0.1) is 34.0 Å². The van der Waals surface area contributed by atoms with Crippen LogP contribution in [0, 0.1) is 0 Å². The molecule has 0 fully saturated rings.